The molecular formula is C16H20N4O3S. The van der Waals surface area contributed by atoms with E-state index in [2.05, 4.69) is 15.3 Å². The van der Waals surface area contributed by atoms with Gasteiger partial charge in [-0.2, -0.15) is 0 Å². The number of anilines is 1. The third-order valence-electron chi connectivity index (χ3n) is 3.44. The Morgan fingerprint density at radius 2 is 1.92 bits per heavy atom. The predicted molar refractivity (Wildman–Crippen MR) is 91.2 cm³/mol. The van der Waals surface area contributed by atoms with Crippen molar-refractivity contribution in [2.45, 2.75) is 24.7 Å². The number of carbonyl (C=O) groups excluding carboxylic acids is 1. The molecule has 0 aliphatic rings. The van der Waals surface area contributed by atoms with Crippen LogP contribution in [0.5, 0.6) is 0 Å². The maximum Gasteiger partial charge on any atom is 0.275 e. The lowest BCUT2D eigenvalue weighted by Gasteiger charge is -2.17. The SMILES string of the molecule is CCCCN(C)S(=O)(=O)c1ccc(NC(=O)c2cnccn2)cc1. The lowest BCUT2D eigenvalue weighted by atomic mass is 10.3. The van der Waals surface area contributed by atoms with Crippen molar-refractivity contribution in [3.05, 3.63) is 48.5 Å². The Hall–Kier alpha value is -2.32. The van der Waals surface area contributed by atoms with E-state index in [4.69, 9.17) is 0 Å². The van der Waals surface area contributed by atoms with Gasteiger partial charge in [0.25, 0.3) is 5.91 Å². The van der Waals surface area contributed by atoms with Crippen LogP contribution in [0.4, 0.5) is 5.69 Å². The number of sulfonamides is 1. The van der Waals surface area contributed by atoms with Gasteiger partial charge >= 0.3 is 0 Å². The van der Waals surface area contributed by atoms with Gasteiger partial charge in [-0.25, -0.2) is 17.7 Å². The molecule has 0 fully saturated rings. The van der Waals surface area contributed by atoms with E-state index in [0.29, 0.717) is 12.2 Å². The molecule has 1 N–H and O–H groups in total. The minimum absolute atomic E-state index is 0.188. The summed E-state index contributed by atoms with van der Waals surface area (Å²) in [7, 11) is -1.95. The Balaban J connectivity index is 2.09. The van der Waals surface area contributed by atoms with Crippen LogP contribution in [-0.4, -0.2) is 42.2 Å². The maximum absolute atomic E-state index is 12.4. The van der Waals surface area contributed by atoms with Crippen molar-refractivity contribution in [1.82, 2.24) is 14.3 Å². The molecule has 8 heteroatoms. The van der Waals surface area contributed by atoms with Crippen molar-refractivity contribution >= 4 is 21.6 Å². The number of carbonyl (C=O) groups is 1. The first-order valence-electron chi connectivity index (χ1n) is 7.59. The van der Waals surface area contributed by atoms with Crippen LogP contribution in [0, 0.1) is 0 Å². The largest absolute Gasteiger partial charge is 0.321 e. The molecule has 0 aliphatic heterocycles. The van der Waals surface area contributed by atoms with Gasteiger partial charge < -0.3 is 5.32 Å². The van der Waals surface area contributed by atoms with Gasteiger partial charge in [-0.1, -0.05) is 13.3 Å². The Morgan fingerprint density at radius 1 is 1.21 bits per heavy atom. The average Bonchev–Trinajstić information content (AvgIpc) is 2.60. The van der Waals surface area contributed by atoms with Gasteiger partial charge in [-0.15, -0.1) is 0 Å². The summed E-state index contributed by atoms with van der Waals surface area (Å²) in [6.07, 6.45) is 5.99. The first-order valence-corrected chi connectivity index (χ1v) is 9.03. The number of amides is 1. The molecule has 0 saturated carbocycles. The van der Waals surface area contributed by atoms with Gasteiger partial charge in [-0.3, -0.25) is 9.78 Å². The second-order valence-corrected chi connectivity index (χ2v) is 7.29. The molecule has 2 rings (SSSR count). The quantitative estimate of drug-likeness (QED) is 0.828. The monoisotopic (exact) mass is 348 g/mol. The highest BCUT2D eigenvalue weighted by atomic mass is 32.2. The van der Waals surface area contributed by atoms with Crippen LogP contribution in [0.1, 0.15) is 30.3 Å². The fraction of sp³-hybridized carbons (Fsp3) is 0.312. The van der Waals surface area contributed by atoms with E-state index >= 15 is 0 Å². The zero-order valence-electron chi connectivity index (χ0n) is 13.6. The van der Waals surface area contributed by atoms with Crippen LogP contribution in [0.3, 0.4) is 0 Å². The lowest BCUT2D eigenvalue weighted by molar-refractivity contribution is 0.102. The normalized spacial score (nSPS) is 11.5. The summed E-state index contributed by atoms with van der Waals surface area (Å²) in [5.74, 6) is -0.404. The summed E-state index contributed by atoms with van der Waals surface area (Å²) >= 11 is 0. The van der Waals surface area contributed by atoms with E-state index in [-0.39, 0.29) is 10.6 Å². The van der Waals surface area contributed by atoms with Crippen molar-refractivity contribution in [2.75, 3.05) is 18.9 Å². The van der Waals surface area contributed by atoms with Crippen LogP contribution < -0.4 is 5.32 Å². The predicted octanol–water partition coefficient (Wildman–Crippen LogP) is 2.15. The topological polar surface area (TPSA) is 92.3 Å². The third-order valence-corrected chi connectivity index (χ3v) is 5.31. The highest BCUT2D eigenvalue weighted by Crippen LogP contribution is 2.18. The summed E-state index contributed by atoms with van der Waals surface area (Å²) in [5, 5.41) is 2.65. The van der Waals surface area contributed by atoms with Gasteiger partial charge in [-0.05, 0) is 30.7 Å². The Kier molecular flexibility index (Phi) is 5.99. The molecule has 1 aromatic carbocycles. The molecule has 24 heavy (non-hydrogen) atoms. The molecule has 0 bridgehead atoms. The first-order chi connectivity index (χ1) is 11.4. The number of aromatic nitrogens is 2. The van der Waals surface area contributed by atoms with Crippen LogP contribution >= 0.6 is 0 Å². The molecule has 128 valence electrons. The molecule has 1 amide bonds. The van der Waals surface area contributed by atoms with Gasteiger partial charge in [0.15, 0.2) is 0 Å². The fourth-order valence-electron chi connectivity index (χ4n) is 2.00. The number of rotatable bonds is 7. The number of hydrogen-bond acceptors (Lipinski definition) is 5. The summed E-state index contributed by atoms with van der Waals surface area (Å²) in [5.41, 5.74) is 0.675. The maximum atomic E-state index is 12.4. The number of unbranched alkanes of at least 4 members (excludes halogenated alkanes) is 1. The van der Waals surface area contributed by atoms with Gasteiger partial charge in [0, 0.05) is 31.7 Å². The molecule has 0 unspecified atom stereocenters. The second kappa shape index (κ2) is 7.98. The summed E-state index contributed by atoms with van der Waals surface area (Å²) in [6.45, 7) is 2.49. The number of hydrogen-bond donors (Lipinski definition) is 1. The number of nitrogens with zero attached hydrogens (tertiary/aromatic N) is 3. The molecule has 2 aromatic rings. The van der Waals surface area contributed by atoms with Crippen molar-refractivity contribution in [3.63, 3.8) is 0 Å². The summed E-state index contributed by atoms with van der Waals surface area (Å²) in [6, 6.07) is 6.05. The molecule has 0 spiro atoms. The Morgan fingerprint density at radius 3 is 2.50 bits per heavy atom. The highest BCUT2D eigenvalue weighted by Gasteiger charge is 2.20. The van der Waals surface area contributed by atoms with Crippen molar-refractivity contribution in [3.8, 4) is 0 Å². The number of benzene rings is 1. The van der Waals surface area contributed by atoms with Crippen molar-refractivity contribution < 1.29 is 13.2 Å². The van der Waals surface area contributed by atoms with Crippen LogP contribution in [-0.2, 0) is 10.0 Å². The summed E-state index contributed by atoms with van der Waals surface area (Å²) in [4.78, 5) is 19.9. The van der Waals surface area contributed by atoms with Crippen molar-refractivity contribution in [2.24, 2.45) is 0 Å². The standard InChI is InChI=1S/C16H20N4O3S/c1-3-4-11-20(2)24(22,23)14-7-5-13(6-8-14)19-16(21)15-12-17-9-10-18-15/h5-10,12H,3-4,11H2,1-2H3,(H,19,21). The van der Waals surface area contributed by atoms with Crippen LogP contribution in [0.2, 0.25) is 0 Å². The van der Waals surface area contributed by atoms with E-state index in [1.54, 1.807) is 19.2 Å². The molecule has 0 aliphatic carbocycles. The Labute approximate surface area is 141 Å². The molecule has 7 nitrogen and oxygen atoms in total. The van der Waals surface area contributed by atoms with Gasteiger partial charge in [0.05, 0.1) is 11.1 Å². The molecule has 1 heterocycles. The minimum atomic E-state index is -3.51. The lowest BCUT2D eigenvalue weighted by Crippen LogP contribution is -2.27. The van der Waals surface area contributed by atoms with Crippen LogP contribution in [0.25, 0.3) is 0 Å². The fourth-order valence-corrected chi connectivity index (χ4v) is 3.21. The van der Waals surface area contributed by atoms with Gasteiger partial charge in [0.2, 0.25) is 10.0 Å². The van der Waals surface area contributed by atoms with Crippen molar-refractivity contribution in [1.29, 1.82) is 0 Å². The average molecular weight is 348 g/mol. The van der Waals surface area contributed by atoms with E-state index < -0.39 is 15.9 Å². The number of nitrogens with one attached hydrogen (secondary N) is 1. The Bertz CT molecular complexity index is 777. The van der Waals surface area contributed by atoms with Crippen LogP contribution in [0.15, 0.2) is 47.8 Å². The van der Waals surface area contributed by atoms with E-state index in [1.165, 1.54) is 35.0 Å². The van der Waals surface area contributed by atoms with Gasteiger partial charge in [0.1, 0.15) is 5.69 Å². The zero-order valence-corrected chi connectivity index (χ0v) is 14.5. The smallest absolute Gasteiger partial charge is 0.275 e. The van der Waals surface area contributed by atoms with E-state index in [9.17, 15) is 13.2 Å². The molecular weight excluding hydrogens is 328 g/mol. The van der Waals surface area contributed by atoms with E-state index in [1.807, 2.05) is 6.92 Å². The molecule has 0 saturated heterocycles. The molecule has 0 radical (unpaired) electrons. The molecule has 0 atom stereocenters. The van der Waals surface area contributed by atoms with E-state index in [0.717, 1.165) is 12.8 Å². The highest BCUT2D eigenvalue weighted by molar-refractivity contribution is 7.89. The molecule has 1 aromatic heterocycles. The summed E-state index contributed by atoms with van der Waals surface area (Å²) < 4.78 is 26.2. The second-order valence-electron chi connectivity index (χ2n) is 5.25. The zero-order chi connectivity index (χ0) is 17.6. The first kappa shape index (κ1) is 18.0. The third kappa shape index (κ3) is 4.36. The minimum Gasteiger partial charge on any atom is -0.321 e.